The molecule has 0 saturated heterocycles. The van der Waals surface area contributed by atoms with Gasteiger partial charge in [-0.25, -0.2) is 0 Å². The molecule has 1 unspecified atom stereocenters. The Morgan fingerprint density at radius 3 is 2.72 bits per heavy atom. The summed E-state index contributed by atoms with van der Waals surface area (Å²) in [5, 5.41) is 16.9. The molecule has 0 amide bonds. The lowest BCUT2D eigenvalue weighted by molar-refractivity contribution is 0.354. The average Bonchev–Trinajstić information content (AvgIpc) is 3.02. The smallest absolute Gasteiger partial charge is 0.244 e. The van der Waals surface area contributed by atoms with Gasteiger partial charge in [0.05, 0.1) is 20.1 Å². The number of methoxy groups -OCH3 is 2. The van der Waals surface area contributed by atoms with Crippen molar-refractivity contribution in [2.24, 2.45) is 5.73 Å². The number of aromatic amines is 1. The van der Waals surface area contributed by atoms with Gasteiger partial charge >= 0.3 is 0 Å². The van der Waals surface area contributed by atoms with E-state index in [4.69, 9.17) is 19.9 Å². The molecule has 7 heteroatoms. The first-order chi connectivity index (χ1) is 12.1. The van der Waals surface area contributed by atoms with Gasteiger partial charge in [0.15, 0.2) is 11.5 Å². The molecule has 130 valence electrons. The number of hydrogen-bond acceptors (Lipinski definition) is 6. The van der Waals surface area contributed by atoms with Crippen molar-refractivity contribution in [1.82, 2.24) is 10.2 Å². The summed E-state index contributed by atoms with van der Waals surface area (Å²) >= 11 is 0. The molecule has 1 aliphatic heterocycles. The Morgan fingerprint density at radius 1 is 1.32 bits per heavy atom. The number of fused-ring (bicyclic) bond motifs is 1. The van der Waals surface area contributed by atoms with Gasteiger partial charge in [0.25, 0.3) is 0 Å². The molecule has 1 aromatic carbocycles. The number of nitriles is 1. The van der Waals surface area contributed by atoms with Crippen molar-refractivity contribution in [3.63, 3.8) is 0 Å². The van der Waals surface area contributed by atoms with Crippen molar-refractivity contribution in [3.8, 4) is 23.4 Å². The van der Waals surface area contributed by atoms with E-state index in [9.17, 15) is 5.26 Å². The van der Waals surface area contributed by atoms with Gasteiger partial charge in [-0.1, -0.05) is 19.4 Å². The highest BCUT2D eigenvalue weighted by molar-refractivity contribution is 5.57. The highest BCUT2D eigenvalue weighted by Crippen LogP contribution is 2.44. The van der Waals surface area contributed by atoms with Crippen LogP contribution in [0, 0.1) is 11.3 Å². The van der Waals surface area contributed by atoms with E-state index in [1.165, 1.54) is 0 Å². The van der Waals surface area contributed by atoms with E-state index >= 15 is 0 Å². The van der Waals surface area contributed by atoms with E-state index in [1.54, 1.807) is 14.2 Å². The standard InChI is InChI=1S/C18H20N4O3/c1-4-5-12-16-15(10-6-7-13(23-2)14(8-10)24-3)11(9-19)17(20)25-18(16)22-21-12/h6-8,15H,4-5,20H2,1-3H3,(H,21,22). The number of aryl methyl sites for hydroxylation is 1. The van der Waals surface area contributed by atoms with Gasteiger partial charge in [-0.2, -0.15) is 5.26 Å². The average molecular weight is 340 g/mol. The van der Waals surface area contributed by atoms with Crippen LogP contribution in [0.2, 0.25) is 0 Å². The Bertz CT molecular complexity index is 864. The summed E-state index contributed by atoms with van der Waals surface area (Å²) < 4.78 is 16.3. The lowest BCUT2D eigenvalue weighted by atomic mass is 9.83. The van der Waals surface area contributed by atoms with Gasteiger partial charge in [0, 0.05) is 11.3 Å². The molecule has 0 aliphatic carbocycles. The first kappa shape index (κ1) is 16.7. The molecule has 3 rings (SSSR count). The van der Waals surface area contributed by atoms with Crippen molar-refractivity contribution < 1.29 is 14.2 Å². The fraction of sp³-hybridized carbons (Fsp3) is 0.333. The lowest BCUT2D eigenvalue weighted by Crippen LogP contribution is -2.21. The summed E-state index contributed by atoms with van der Waals surface area (Å²) in [7, 11) is 3.16. The van der Waals surface area contributed by atoms with E-state index in [-0.39, 0.29) is 11.8 Å². The van der Waals surface area contributed by atoms with Crippen LogP contribution in [0.25, 0.3) is 0 Å². The molecule has 0 fully saturated rings. The van der Waals surface area contributed by atoms with E-state index in [1.807, 2.05) is 18.2 Å². The molecule has 1 aromatic heterocycles. The number of ether oxygens (including phenoxy) is 3. The lowest BCUT2D eigenvalue weighted by Gasteiger charge is -2.24. The van der Waals surface area contributed by atoms with Crippen LogP contribution < -0.4 is 19.9 Å². The summed E-state index contributed by atoms with van der Waals surface area (Å²) in [5.41, 5.74) is 8.98. The highest BCUT2D eigenvalue weighted by atomic mass is 16.5. The molecule has 7 nitrogen and oxygen atoms in total. The second-order valence-corrected chi connectivity index (χ2v) is 5.71. The van der Waals surface area contributed by atoms with Crippen molar-refractivity contribution in [2.75, 3.05) is 14.2 Å². The molecule has 1 aliphatic rings. The van der Waals surface area contributed by atoms with E-state index in [0.29, 0.717) is 23.0 Å². The third-order valence-electron chi connectivity index (χ3n) is 4.26. The van der Waals surface area contributed by atoms with Crippen LogP contribution >= 0.6 is 0 Å². The van der Waals surface area contributed by atoms with E-state index in [0.717, 1.165) is 29.7 Å². The van der Waals surface area contributed by atoms with Crippen molar-refractivity contribution in [1.29, 1.82) is 5.26 Å². The van der Waals surface area contributed by atoms with Gasteiger partial charge < -0.3 is 19.9 Å². The zero-order chi connectivity index (χ0) is 18.0. The minimum atomic E-state index is -0.367. The third kappa shape index (κ3) is 2.76. The highest BCUT2D eigenvalue weighted by Gasteiger charge is 2.35. The summed E-state index contributed by atoms with van der Waals surface area (Å²) in [6.45, 7) is 2.08. The van der Waals surface area contributed by atoms with Crippen LogP contribution in [0.5, 0.6) is 17.4 Å². The quantitative estimate of drug-likeness (QED) is 0.866. The Balaban J connectivity index is 2.19. The van der Waals surface area contributed by atoms with Crippen molar-refractivity contribution in [2.45, 2.75) is 25.7 Å². The number of hydrogen-bond donors (Lipinski definition) is 2. The summed E-state index contributed by atoms with van der Waals surface area (Å²) in [5.74, 6) is 1.33. The van der Waals surface area contributed by atoms with Gasteiger partial charge in [0.2, 0.25) is 11.8 Å². The Morgan fingerprint density at radius 2 is 2.08 bits per heavy atom. The number of H-pyrrole nitrogens is 1. The summed E-state index contributed by atoms with van der Waals surface area (Å²) in [6.07, 6.45) is 1.74. The van der Waals surface area contributed by atoms with Crippen LogP contribution in [0.15, 0.2) is 29.7 Å². The number of rotatable bonds is 5. The number of nitrogens with zero attached hydrogens (tertiary/aromatic N) is 2. The van der Waals surface area contributed by atoms with Crippen LogP contribution in [0.4, 0.5) is 0 Å². The number of aromatic nitrogens is 2. The number of nitrogens with two attached hydrogens (primary N) is 1. The number of allylic oxidation sites excluding steroid dienone is 1. The monoisotopic (exact) mass is 340 g/mol. The summed E-state index contributed by atoms with van der Waals surface area (Å²) in [4.78, 5) is 0. The minimum Gasteiger partial charge on any atom is -0.493 e. The second kappa shape index (κ2) is 6.77. The molecule has 0 spiro atoms. The molecule has 0 radical (unpaired) electrons. The van der Waals surface area contributed by atoms with Gasteiger partial charge in [-0.3, -0.25) is 5.10 Å². The fourth-order valence-corrected chi connectivity index (χ4v) is 3.11. The normalized spacial score (nSPS) is 16.0. The second-order valence-electron chi connectivity index (χ2n) is 5.71. The van der Waals surface area contributed by atoms with Crippen molar-refractivity contribution in [3.05, 3.63) is 46.5 Å². The maximum atomic E-state index is 9.65. The molecule has 25 heavy (non-hydrogen) atoms. The van der Waals surface area contributed by atoms with E-state index < -0.39 is 0 Å². The fourth-order valence-electron chi connectivity index (χ4n) is 3.11. The Hall–Kier alpha value is -3.14. The number of benzene rings is 1. The first-order valence-corrected chi connectivity index (χ1v) is 8.01. The predicted molar refractivity (Wildman–Crippen MR) is 91.4 cm³/mol. The molecule has 2 heterocycles. The van der Waals surface area contributed by atoms with Crippen LogP contribution in [0.3, 0.4) is 0 Å². The Labute approximate surface area is 146 Å². The molecular formula is C18H20N4O3. The molecule has 3 N–H and O–H groups in total. The SMILES string of the molecule is CCCc1[nH]nc2c1C(c1ccc(OC)c(OC)c1)C(C#N)=C(N)O2. The third-order valence-corrected chi connectivity index (χ3v) is 4.26. The van der Waals surface area contributed by atoms with Gasteiger partial charge in [0.1, 0.15) is 11.6 Å². The van der Waals surface area contributed by atoms with Crippen molar-refractivity contribution >= 4 is 0 Å². The van der Waals surface area contributed by atoms with Crippen LogP contribution in [-0.2, 0) is 6.42 Å². The van der Waals surface area contributed by atoms with E-state index in [2.05, 4.69) is 23.2 Å². The molecule has 0 saturated carbocycles. The van der Waals surface area contributed by atoms with Gasteiger partial charge in [-0.15, -0.1) is 5.10 Å². The Kier molecular flexibility index (Phi) is 4.52. The zero-order valence-electron chi connectivity index (χ0n) is 14.4. The minimum absolute atomic E-state index is 0.0735. The number of nitrogens with one attached hydrogen (secondary N) is 1. The molecule has 1 atom stereocenters. The van der Waals surface area contributed by atoms with Crippen LogP contribution in [0.1, 0.15) is 36.1 Å². The van der Waals surface area contributed by atoms with Crippen LogP contribution in [-0.4, -0.2) is 24.4 Å². The topological polar surface area (TPSA) is 106 Å². The molecule has 2 aromatic rings. The summed E-state index contributed by atoms with van der Waals surface area (Å²) in [6, 6.07) is 7.75. The molecular weight excluding hydrogens is 320 g/mol. The maximum Gasteiger partial charge on any atom is 0.244 e. The predicted octanol–water partition coefficient (Wildman–Crippen LogP) is 2.60. The van der Waals surface area contributed by atoms with Gasteiger partial charge in [-0.05, 0) is 24.1 Å². The zero-order valence-corrected chi connectivity index (χ0v) is 14.4. The molecule has 0 bridgehead atoms. The maximum absolute atomic E-state index is 9.65. The first-order valence-electron chi connectivity index (χ1n) is 8.01. The largest absolute Gasteiger partial charge is 0.493 e.